The van der Waals surface area contributed by atoms with Crippen LogP contribution in [0.4, 0.5) is 5.82 Å². The second-order valence-corrected chi connectivity index (χ2v) is 8.39. The first kappa shape index (κ1) is 17.2. The van der Waals surface area contributed by atoms with E-state index in [0.29, 0.717) is 29.9 Å². The lowest BCUT2D eigenvalue weighted by molar-refractivity contribution is -0.133. The van der Waals surface area contributed by atoms with Gasteiger partial charge in [-0.25, -0.2) is 9.97 Å². The van der Waals surface area contributed by atoms with Crippen LogP contribution in [0.3, 0.4) is 0 Å². The smallest absolute Gasteiger partial charge is 0.240 e. The second kappa shape index (κ2) is 6.93. The molecule has 5 rings (SSSR count). The Morgan fingerprint density at radius 2 is 1.74 bits per heavy atom. The number of methoxy groups -OCH3 is 1. The van der Waals surface area contributed by atoms with Crippen LogP contribution in [0, 0.1) is 0 Å². The number of carbonyl (C=O) groups is 1. The number of amides is 1. The van der Waals surface area contributed by atoms with Crippen molar-refractivity contribution >= 4 is 11.7 Å². The topological polar surface area (TPSA) is 61.8 Å². The van der Waals surface area contributed by atoms with Crippen LogP contribution in [0.15, 0.2) is 12.4 Å². The monoisotopic (exact) mass is 371 g/mol. The predicted octanol–water partition coefficient (Wildman–Crippen LogP) is 1.68. The van der Waals surface area contributed by atoms with Crippen molar-refractivity contribution in [2.75, 3.05) is 31.6 Å². The van der Waals surface area contributed by atoms with E-state index in [0.717, 1.165) is 44.7 Å². The fourth-order valence-corrected chi connectivity index (χ4v) is 4.86. The summed E-state index contributed by atoms with van der Waals surface area (Å²) in [6.07, 6.45) is 9.69. The molecule has 0 spiro atoms. The fourth-order valence-electron chi connectivity index (χ4n) is 4.86. The predicted molar refractivity (Wildman–Crippen MR) is 102 cm³/mol. The number of hydrogen-bond acceptors (Lipinski definition) is 6. The molecule has 0 aromatic carbocycles. The Hall–Kier alpha value is -1.89. The largest absolute Gasteiger partial charge is 0.481 e. The van der Waals surface area contributed by atoms with Gasteiger partial charge >= 0.3 is 0 Å². The van der Waals surface area contributed by atoms with Crippen molar-refractivity contribution in [3.63, 3.8) is 0 Å². The molecule has 4 aliphatic rings. The van der Waals surface area contributed by atoms with E-state index in [4.69, 9.17) is 4.74 Å². The van der Waals surface area contributed by atoms with Gasteiger partial charge in [0.25, 0.3) is 0 Å². The number of piperidine rings is 1. The molecule has 7 nitrogen and oxygen atoms in total. The molecule has 1 amide bonds. The van der Waals surface area contributed by atoms with Gasteiger partial charge < -0.3 is 14.5 Å². The highest BCUT2D eigenvalue weighted by atomic mass is 16.5. The molecule has 1 aromatic heterocycles. The van der Waals surface area contributed by atoms with Crippen molar-refractivity contribution in [2.45, 2.75) is 69.1 Å². The zero-order valence-corrected chi connectivity index (χ0v) is 16.1. The van der Waals surface area contributed by atoms with E-state index in [1.807, 2.05) is 6.07 Å². The molecule has 2 saturated carbocycles. The minimum absolute atomic E-state index is 0.125. The van der Waals surface area contributed by atoms with Gasteiger partial charge in [0.1, 0.15) is 12.1 Å². The summed E-state index contributed by atoms with van der Waals surface area (Å²) in [4.78, 5) is 28.5. The fraction of sp³-hybridized carbons (Fsp3) is 0.750. The van der Waals surface area contributed by atoms with Crippen molar-refractivity contribution < 1.29 is 9.53 Å². The van der Waals surface area contributed by atoms with Crippen LogP contribution in [-0.4, -0.2) is 76.6 Å². The molecule has 4 fully saturated rings. The summed E-state index contributed by atoms with van der Waals surface area (Å²) in [7, 11) is 1.65. The maximum absolute atomic E-state index is 12.8. The van der Waals surface area contributed by atoms with Gasteiger partial charge in [-0.15, -0.1) is 0 Å². The highest BCUT2D eigenvalue weighted by Gasteiger charge is 2.44. The molecule has 7 heteroatoms. The van der Waals surface area contributed by atoms with Crippen molar-refractivity contribution in [3.05, 3.63) is 12.4 Å². The minimum Gasteiger partial charge on any atom is -0.481 e. The first-order valence-electron chi connectivity index (χ1n) is 10.4. The molecule has 0 N–H and O–H groups in total. The molecule has 2 saturated heterocycles. The summed E-state index contributed by atoms with van der Waals surface area (Å²) < 4.78 is 5.30. The third-order valence-electron chi connectivity index (χ3n) is 6.57. The zero-order valence-electron chi connectivity index (χ0n) is 16.1. The van der Waals surface area contributed by atoms with Gasteiger partial charge in [-0.05, 0) is 44.9 Å². The summed E-state index contributed by atoms with van der Waals surface area (Å²) in [5, 5.41) is 0. The summed E-state index contributed by atoms with van der Waals surface area (Å²) in [6.45, 7) is 2.97. The maximum atomic E-state index is 12.8. The Balaban J connectivity index is 1.24. The number of ether oxygens (including phenoxy) is 1. The molecule has 146 valence electrons. The van der Waals surface area contributed by atoms with Crippen molar-refractivity contribution in [2.24, 2.45) is 0 Å². The van der Waals surface area contributed by atoms with Crippen LogP contribution < -0.4 is 9.64 Å². The van der Waals surface area contributed by atoms with E-state index in [9.17, 15) is 4.79 Å². The van der Waals surface area contributed by atoms with Crippen LogP contribution in [0.1, 0.15) is 44.9 Å². The van der Waals surface area contributed by atoms with Crippen LogP contribution in [-0.2, 0) is 4.79 Å². The highest BCUT2D eigenvalue weighted by Crippen LogP contribution is 2.37. The Morgan fingerprint density at radius 1 is 1.00 bits per heavy atom. The quantitative estimate of drug-likeness (QED) is 0.758. The number of rotatable bonds is 6. The second-order valence-electron chi connectivity index (χ2n) is 8.39. The van der Waals surface area contributed by atoms with E-state index >= 15 is 0 Å². The summed E-state index contributed by atoms with van der Waals surface area (Å²) in [5.41, 5.74) is 0. The summed E-state index contributed by atoms with van der Waals surface area (Å²) >= 11 is 0. The Morgan fingerprint density at radius 3 is 2.41 bits per heavy atom. The molecule has 1 aromatic rings. The zero-order chi connectivity index (χ0) is 18.4. The number of aromatic nitrogens is 2. The normalized spacial score (nSPS) is 27.2. The third-order valence-corrected chi connectivity index (χ3v) is 6.57. The first-order valence-corrected chi connectivity index (χ1v) is 10.4. The van der Waals surface area contributed by atoms with Gasteiger partial charge in [-0.1, -0.05) is 0 Å². The SMILES string of the molecule is COc1cc(N(C2CC2)C2CCN(C3CCN(C4CC4)C3=O)CC2)ncn1. The molecule has 0 radical (unpaired) electrons. The van der Waals surface area contributed by atoms with Crippen LogP contribution in [0.25, 0.3) is 0 Å². The molecular formula is C20H29N5O2. The summed E-state index contributed by atoms with van der Waals surface area (Å²) in [6, 6.07) is 3.72. The number of nitrogens with zero attached hydrogens (tertiary/aromatic N) is 5. The van der Waals surface area contributed by atoms with Crippen molar-refractivity contribution in [3.8, 4) is 5.88 Å². The molecule has 1 atom stereocenters. The van der Waals surface area contributed by atoms with E-state index in [2.05, 4.69) is 24.7 Å². The lowest BCUT2D eigenvalue weighted by atomic mass is 10.0. The lowest BCUT2D eigenvalue weighted by Gasteiger charge is -2.41. The van der Waals surface area contributed by atoms with Crippen LogP contribution in [0.2, 0.25) is 0 Å². The number of anilines is 1. The van der Waals surface area contributed by atoms with E-state index in [1.54, 1.807) is 13.4 Å². The minimum atomic E-state index is 0.125. The molecule has 27 heavy (non-hydrogen) atoms. The van der Waals surface area contributed by atoms with E-state index in [1.165, 1.54) is 25.7 Å². The van der Waals surface area contributed by atoms with Crippen LogP contribution >= 0.6 is 0 Å². The number of likely N-dealkylation sites (tertiary alicyclic amines) is 2. The molecular weight excluding hydrogens is 342 g/mol. The average molecular weight is 371 g/mol. The van der Waals surface area contributed by atoms with Gasteiger partial charge in [0, 0.05) is 43.8 Å². The molecule has 2 aliphatic heterocycles. The van der Waals surface area contributed by atoms with Gasteiger partial charge in [0.2, 0.25) is 11.8 Å². The standard InChI is InChI=1S/C20H29N5O2/c1-27-19-12-18(21-13-22-19)25(15-4-5-15)16-6-9-23(10-7-16)17-8-11-24(20(17)26)14-2-3-14/h12-17H,2-11H2,1H3. The van der Waals surface area contributed by atoms with Gasteiger partial charge in [-0.2, -0.15) is 0 Å². The molecule has 3 heterocycles. The molecule has 0 bridgehead atoms. The van der Waals surface area contributed by atoms with Gasteiger partial charge in [-0.3, -0.25) is 9.69 Å². The number of hydrogen-bond donors (Lipinski definition) is 0. The van der Waals surface area contributed by atoms with Gasteiger partial charge in [0.05, 0.1) is 13.2 Å². The lowest BCUT2D eigenvalue weighted by Crippen LogP contribution is -2.51. The molecule has 2 aliphatic carbocycles. The van der Waals surface area contributed by atoms with Crippen molar-refractivity contribution in [1.82, 2.24) is 19.8 Å². The Bertz CT molecular complexity index is 697. The van der Waals surface area contributed by atoms with E-state index < -0.39 is 0 Å². The van der Waals surface area contributed by atoms with Crippen molar-refractivity contribution in [1.29, 1.82) is 0 Å². The average Bonchev–Trinajstić information content (AvgIpc) is 3.63. The highest BCUT2D eigenvalue weighted by molar-refractivity contribution is 5.84. The number of carbonyl (C=O) groups excluding carboxylic acids is 1. The Labute approximate surface area is 160 Å². The maximum Gasteiger partial charge on any atom is 0.240 e. The Kier molecular flexibility index (Phi) is 4.42. The first-order chi connectivity index (χ1) is 13.2. The van der Waals surface area contributed by atoms with Crippen LogP contribution in [0.5, 0.6) is 5.88 Å². The third kappa shape index (κ3) is 3.37. The van der Waals surface area contributed by atoms with E-state index in [-0.39, 0.29) is 6.04 Å². The summed E-state index contributed by atoms with van der Waals surface area (Å²) in [5.74, 6) is 2.00. The van der Waals surface area contributed by atoms with Gasteiger partial charge in [0.15, 0.2) is 0 Å². The molecule has 1 unspecified atom stereocenters.